The minimum absolute atomic E-state index is 0.00565. The van der Waals surface area contributed by atoms with Gasteiger partial charge in [0.1, 0.15) is 5.82 Å². The molecule has 0 aliphatic carbocycles. The van der Waals surface area contributed by atoms with Gasteiger partial charge in [0.05, 0.1) is 23.7 Å². The third-order valence-electron chi connectivity index (χ3n) is 2.42. The smallest absolute Gasteiger partial charge is 0.434 e. The summed E-state index contributed by atoms with van der Waals surface area (Å²) in [6.45, 7) is 0. The van der Waals surface area contributed by atoms with Crippen molar-refractivity contribution in [2.24, 2.45) is 0 Å². The summed E-state index contributed by atoms with van der Waals surface area (Å²) in [6, 6.07) is 2.92. The Labute approximate surface area is 109 Å². The summed E-state index contributed by atoms with van der Waals surface area (Å²) in [5.74, 6) is -2.53. The van der Waals surface area contributed by atoms with Crippen molar-refractivity contribution in [3.05, 3.63) is 47.7 Å². The molecule has 1 aromatic heterocycles. The van der Waals surface area contributed by atoms with Crippen molar-refractivity contribution in [3.63, 3.8) is 0 Å². The molecule has 0 aliphatic heterocycles. The molecular formula is C12H6F4N2O2. The first-order chi connectivity index (χ1) is 9.29. The lowest BCUT2D eigenvalue weighted by Crippen LogP contribution is -2.09. The van der Waals surface area contributed by atoms with E-state index in [1.165, 1.54) is 0 Å². The van der Waals surface area contributed by atoms with E-state index in [9.17, 15) is 22.4 Å². The van der Waals surface area contributed by atoms with Crippen molar-refractivity contribution in [3.8, 4) is 11.3 Å². The molecule has 0 atom stereocenters. The molecular weight excluding hydrogens is 280 g/mol. The molecule has 0 bridgehead atoms. The number of halogens is 4. The van der Waals surface area contributed by atoms with Crippen LogP contribution in [0.25, 0.3) is 11.3 Å². The SMILES string of the molecule is O=C(O)c1ccc(-c2cncc(C(F)(F)F)n2)cc1F. The average Bonchev–Trinajstić information content (AvgIpc) is 2.37. The van der Waals surface area contributed by atoms with E-state index in [4.69, 9.17) is 5.11 Å². The number of carboxylic acids is 1. The molecule has 4 nitrogen and oxygen atoms in total. The first-order valence-electron chi connectivity index (χ1n) is 5.21. The molecule has 8 heteroatoms. The van der Waals surface area contributed by atoms with Gasteiger partial charge in [0.15, 0.2) is 5.69 Å². The van der Waals surface area contributed by atoms with E-state index in [2.05, 4.69) is 9.97 Å². The van der Waals surface area contributed by atoms with Crippen molar-refractivity contribution >= 4 is 5.97 Å². The summed E-state index contributed by atoms with van der Waals surface area (Å²) in [7, 11) is 0. The van der Waals surface area contributed by atoms with Gasteiger partial charge in [-0.25, -0.2) is 14.2 Å². The summed E-state index contributed by atoms with van der Waals surface area (Å²) >= 11 is 0. The highest BCUT2D eigenvalue weighted by molar-refractivity contribution is 5.88. The zero-order valence-corrected chi connectivity index (χ0v) is 9.65. The van der Waals surface area contributed by atoms with Crippen LogP contribution >= 0.6 is 0 Å². The highest BCUT2D eigenvalue weighted by atomic mass is 19.4. The van der Waals surface area contributed by atoms with Crippen molar-refractivity contribution in [1.82, 2.24) is 9.97 Å². The molecule has 0 amide bonds. The fourth-order valence-corrected chi connectivity index (χ4v) is 1.49. The molecule has 0 fully saturated rings. The van der Waals surface area contributed by atoms with Gasteiger partial charge in [-0.1, -0.05) is 6.07 Å². The number of rotatable bonds is 2. The minimum Gasteiger partial charge on any atom is -0.478 e. The number of alkyl halides is 3. The van der Waals surface area contributed by atoms with E-state index < -0.39 is 29.2 Å². The van der Waals surface area contributed by atoms with E-state index in [0.717, 1.165) is 24.4 Å². The number of aromatic nitrogens is 2. The monoisotopic (exact) mass is 286 g/mol. The zero-order valence-electron chi connectivity index (χ0n) is 9.65. The van der Waals surface area contributed by atoms with Gasteiger partial charge in [-0.2, -0.15) is 13.2 Å². The van der Waals surface area contributed by atoms with Gasteiger partial charge in [0.2, 0.25) is 0 Å². The molecule has 1 N–H and O–H groups in total. The van der Waals surface area contributed by atoms with Crippen molar-refractivity contribution in [2.75, 3.05) is 0 Å². The molecule has 2 aromatic rings. The highest BCUT2D eigenvalue weighted by Gasteiger charge is 2.33. The second kappa shape index (κ2) is 4.87. The Hall–Kier alpha value is -2.51. The molecule has 104 valence electrons. The Morgan fingerprint density at radius 3 is 2.45 bits per heavy atom. The summed E-state index contributed by atoms with van der Waals surface area (Å²) < 4.78 is 50.9. The van der Waals surface area contributed by atoms with Gasteiger partial charge < -0.3 is 5.11 Å². The normalized spacial score (nSPS) is 11.4. The summed E-state index contributed by atoms with van der Waals surface area (Å²) in [6.07, 6.45) is -3.08. The maximum Gasteiger partial charge on any atom is 0.434 e. The topological polar surface area (TPSA) is 63.1 Å². The molecule has 1 heterocycles. The van der Waals surface area contributed by atoms with Crippen LogP contribution in [0.5, 0.6) is 0 Å². The predicted molar refractivity (Wildman–Crippen MR) is 59.4 cm³/mol. The molecule has 0 saturated carbocycles. The van der Waals surface area contributed by atoms with Crippen LogP contribution in [0.4, 0.5) is 17.6 Å². The lowest BCUT2D eigenvalue weighted by atomic mass is 10.1. The van der Waals surface area contributed by atoms with Crippen LogP contribution in [0.15, 0.2) is 30.6 Å². The van der Waals surface area contributed by atoms with E-state index in [0.29, 0.717) is 6.20 Å². The van der Waals surface area contributed by atoms with Crippen LogP contribution in [-0.2, 0) is 6.18 Å². The summed E-state index contributed by atoms with van der Waals surface area (Å²) in [4.78, 5) is 17.4. The standard InChI is InChI=1S/C12H6F4N2O2/c13-8-3-6(1-2-7(8)11(19)20)9-4-17-5-10(18-9)12(14,15)16/h1-5H,(H,19,20). The van der Waals surface area contributed by atoms with Crippen LogP contribution < -0.4 is 0 Å². The number of carboxylic acid groups (broad SMARTS) is 1. The van der Waals surface area contributed by atoms with Crippen molar-refractivity contribution < 1.29 is 27.5 Å². The van der Waals surface area contributed by atoms with Gasteiger partial charge in [0.25, 0.3) is 0 Å². The Morgan fingerprint density at radius 1 is 1.20 bits per heavy atom. The first-order valence-corrected chi connectivity index (χ1v) is 5.21. The molecule has 0 radical (unpaired) electrons. The fraction of sp³-hybridized carbons (Fsp3) is 0.0833. The lowest BCUT2D eigenvalue weighted by molar-refractivity contribution is -0.141. The fourth-order valence-electron chi connectivity index (χ4n) is 1.49. The second-order valence-electron chi connectivity index (χ2n) is 3.79. The van der Waals surface area contributed by atoms with Crippen molar-refractivity contribution in [2.45, 2.75) is 6.18 Å². The van der Waals surface area contributed by atoms with Crippen molar-refractivity contribution in [1.29, 1.82) is 0 Å². The Balaban J connectivity index is 2.47. The highest BCUT2D eigenvalue weighted by Crippen LogP contribution is 2.29. The van der Waals surface area contributed by atoms with Crippen LogP contribution in [0.1, 0.15) is 16.1 Å². The van der Waals surface area contributed by atoms with E-state index in [1.807, 2.05) is 0 Å². The summed E-state index contributed by atoms with van der Waals surface area (Å²) in [5.41, 5.74) is -1.98. The third kappa shape index (κ3) is 2.73. The maximum absolute atomic E-state index is 13.5. The van der Waals surface area contributed by atoms with E-state index in [1.54, 1.807) is 0 Å². The lowest BCUT2D eigenvalue weighted by Gasteiger charge is -2.07. The van der Waals surface area contributed by atoms with E-state index >= 15 is 0 Å². The van der Waals surface area contributed by atoms with Gasteiger partial charge in [-0.05, 0) is 12.1 Å². The Morgan fingerprint density at radius 2 is 1.90 bits per heavy atom. The maximum atomic E-state index is 13.5. The summed E-state index contributed by atoms with van der Waals surface area (Å²) in [5, 5.41) is 8.66. The number of hydrogen-bond donors (Lipinski definition) is 1. The van der Waals surface area contributed by atoms with Crippen LogP contribution in [0.2, 0.25) is 0 Å². The Kier molecular flexibility index (Phi) is 3.39. The largest absolute Gasteiger partial charge is 0.478 e. The molecule has 20 heavy (non-hydrogen) atoms. The average molecular weight is 286 g/mol. The van der Waals surface area contributed by atoms with Gasteiger partial charge >= 0.3 is 12.1 Å². The molecule has 0 aliphatic rings. The molecule has 0 spiro atoms. The van der Waals surface area contributed by atoms with Crippen LogP contribution in [-0.4, -0.2) is 21.0 Å². The molecule has 0 unspecified atom stereocenters. The molecule has 0 saturated heterocycles. The third-order valence-corrected chi connectivity index (χ3v) is 2.42. The number of hydrogen-bond acceptors (Lipinski definition) is 3. The minimum atomic E-state index is -4.66. The van der Waals surface area contributed by atoms with Gasteiger partial charge in [0, 0.05) is 5.56 Å². The number of nitrogens with zero attached hydrogens (tertiary/aromatic N) is 2. The quantitative estimate of drug-likeness (QED) is 0.862. The number of benzene rings is 1. The van der Waals surface area contributed by atoms with Crippen LogP contribution in [0, 0.1) is 5.82 Å². The number of aromatic carboxylic acids is 1. The predicted octanol–water partition coefficient (Wildman–Crippen LogP) is 3.00. The number of carbonyl (C=O) groups is 1. The zero-order chi connectivity index (χ0) is 14.9. The van der Waals surface area contributed by atoms with Gasteiger partial charge in [-0.3, -0.25) is 4.98 Å². The van der Waals surface area contributed by atoms with Gasteiger partial charge in [-0.15, -0.1) is 0 Å². The molecule has 1 aromatic carbocycles. The second-order valence-corrected chi connectivity index (χ2v) is 3.79. The molecule has 2 rings (SSSR count). The first kappa shape index (κ1) is 13.9. The van der Waals surface area contributed by atoms with E-state index in [-0.39, 0.29) is 11.3 Å². The van der Waals surface area contributed by atoms with Crippen LogP contribution in [0.3, 0.4) is 0 Å². The Bertz CT molecular complexity index is 671.